The molecule has 1 N–H and O–H groups in total. The molecule has 3 heteroatoms. The van der Waals surface area contributed by atoms with Crippen molar-refractivity contribution in [2.45, 2.75) is 45.3 Å². The van der Waals surface area contributed by atoms with Crippen molar-refractivity contribution in [3.05, 3.63) is 0 Å². The minimum atomic E-state index is 0.462. The maximum Gasteiger partial charge on any atom is 0.0107 e. The Morgan fingerprint density at radius 1 is 1.18 bits per heavy atom. The van der Waals surface area contributed by atoms with Crippen molar-refractivity contribution in [3.63, 3.8) is 0 Å². The van der Waals surface area contributed by atoms with E-state index in [-0.39, 0.29) is 0 Å². The van der Waals surface area contributed by atoms with Crippen LogP contribution in [0.1, 0.15) is 40.0 Å². The highest BCUT2D eigenvalue weighted by Gasteiger charge is 2.17. The van der Waals surface area contributed by atoms with Crippen LogP contribution in [0.4, 0.5) is 0 Å². The quantitative estimate of drug-likeness (QED) is 0.738. The van der Waals surface area contributed by atoms with E-state index in [1.807, 2.05) is 11.8 Å². The molecule has 1 aliphatic heterocycles. The number of rotatable bonds is 6. The number of thioether (sulfide) groups is 1. The molecule has 0 aliphatic carbocycles. The fraction of sp³-hybridized carbons (Fsp3) is 1.00. The molecule has 0 unspecified atom stereocenters. The molecule has 102 valence electrons. The predicted molar refractivity (Wildman–Crippen MR) is 79.9 cm³/mol. The topological polar surface area (TPSA) is 15.3 Å². The first-order chi connectivity index (χ1) is 8.01. The van der Waals surface area contributed by atoms with E-state index < -0.39 is 0 Å². The van der Waals surface area contributed by atoms with Gasteiger partial charge in [-0.25, -0.2) is 0 Å². The molecule has 1 saturated heterocycles. The van der Waals surface area contributed by atoms with Crippen LogP contribution in [0.25, 0.3) is 0 Å². The zero-order valence-electron chi connectivity index (χ0n) is 12.1. The fourth-order valence-corrected chi connectivity index (χ4v) is 2.88. The van der Waals surface area contributed by atoms with Crippen LogP contribution in [-0.2, 0) is 0 Å². The molecule has 1 fully saturated rings. The number of nitrogens with zero attached hydrogens (tertiary/aromatic N) is 1. The van der Waals surface area contributed by atoms with Gasteiger partial charge in [0.15, 0.2) is 0 Å². The summed E-state index contributed by atoms with van der Waals surface area (Å²) in [7, 11) is 0. The summed E-state index contributed by atoms with van der Waals surface area (Å²) in [6.45, 7) is 13.1. The summed E-state index contributed by atoms with van der Waals surface area (Å²) in [6.07, 6.45) is 6.27. The van der Waals surface area contributed by atoms with E-state index in [9.17, 15) is 0 Å². The normalized spacial score (nSPS) is 19.8. The second-order valence-corrected chi connectivity index (χ2v) is 7.48. The Balaban J connectivity index is 1.97. The predicted octanol–water partition coefficient (Wildman–Crippen LogP) is 2.84. The molecule has 0 spiro atoms. The second-order valence-electron chi connectivity index (χ2n) is 6.34. The lowest BCUT2D eigenvalue weighted by atomic mass is 9.92. The second kappa shape index (κ2) is 7.65. The summed E-state index contributed by atoms with van der Waals surface area (Å²) in [4.78, 5) is 2.61. The van der Waals surface area contributed by atoms with E-state index >= 15 is 0 Å². The molecule has 0 aromatic carbocycles. The third-order valence-corrected chi connectivity index (χ3v) is 4.66. The van der Waals surface area contributed by atoms with Crippen LogP contribution >= 0.6 is 11.8 Å². The Kier molecular flexibility index (Phi) is 6.90. The van der Waals surface area contributed by atoms with E-state index in [0.29, 0.717) is 5.41 Å². The number of hydrogen-bond acceptors (Lipinski definition) is 3. The van der Waals surface area contributed by atoms with Gasteiger partial charge in [-0.15, -0.1) is 0 Å². The standard InChI is InChI=1S/C14H30N2S/c1-14(2,3)7-8-15-9-12-16-10-5-13(17-4)6-11-16/h13,15H,5-12H2,1-4H3. The Morgan fingerprint density at radius 2 is 1.82 bits per heavy atom. The molecular weight excluding hydrogens is 228 g/mol. The molecule has 0 saturated carbocycles. The van der Waals surface area contributed by atoms with Crippen molar-refractivity contribution < 1.29 is 0 Å². The lowest BCUT2D eigenvalue weighted by Gasteiger charge is -2.31. The van der Waals surface area contributed by atoms with Crippen molar-refractivity contribution in [1.29, 1.82) is 0 Å². The summed E-state index contributed by atoms with van der Waals surface area (Å²) in [6, 6.07) is 0. The molecular formula is C14H30N2S. The van der Waals surface area contributed by atoms with Crippen LogP contribution in [-0.4, -0.2) is 49.1 Å². The van der Waals surface area contributed by atoms with Gasteiger partial charge in [0.2, 0.25) is 0 Å². The maximum atomic E-state index is 3.57. The molecule has 1 heterocycles. The Labute approximate surface area is 112 Å². The van der Waals surface area contributed by atoms with Gasteiger partial charge >= 0.3 is 0 Å². The molecule has 0 amide bonds. The Morgan fingerprint density at radius 3 is 2.35 bits per heavy atom. The molecule has 0 aromatic rings. The third kappa shape index (κ3) is 7.32. The van der Waals surface area contributed by atoms with Gasteiger partial charge < -0.3 is 10.2 Å². The van der Waals surface area contributed by atoms with Gasteiger partial charge in [0, 0.05) is 18.3 Å². The summed E-state index contributed by atoms with van der Waals surface area (Å²) >= 11 is 2.04. The van der Waals surface area contributed by atoms with Crippen molar-refractivity contribution in [2.75, 3.05) is 39.0 Å². The molecule has 1 aliphatic rings. The van der Waals surface area contributed by atoms with Gasteiger partial charge in [0.1, 0.15) is 0 Å². The average molecular weight is 258 g/mol. The lowest BCUT2D eigenvalue weighted by molar-refractivity contribution is 0.231. The number of hydrogen-bond donors (Lipinski definition) is 1. The van der Waals surface area contributed by atoms with Crippen molar-refractivity contribution >= 4 is 11.8 Å². The monoisotopic (exact) mass is 258 g/mol. The van der Waals surface area contributed by atoms with Gasteiger partial charge in [-0.2, -0.15) is 11.8 Å². The zero-order chi connectivity index (χ0) is 12.7. The van der Waals surface area contributed by atoms with Crippen LogP contribution in [0.3, 0.4) is 0 Å². The van der Waals surface area contributed by atoms with Crippen LogP contribution in [0.15, 0.2) is 0 Å². The van der Waals surface area contributed by atoms with Gasteiger partial charge in [-0.1, -0.05) is 20.8 Å². The van der Waals surface area contributed by atoms with Gasteiger partial charge in [0.05, 0.1) is 0 Å². The summed E-state index contributed by atoms with van der Waals surface area (Å²) in [5.74, 6) is 0. The number of nitrogens with one attached hydrogen (secondary N) is 1. The van der Waals surface area contributed by atoms with Crippen LogP contribution in [0.2, 0.25) is 0 Å². The summed E-state index contributed by atoms with van der Waals surface area (Å²) in [5, 5.41) is 4.48. The Bertz CT molecular complexity index is 193. The molecule has 0 aromatic heterocycles. The lowest BCUT2D eigenvalue weighted by Crippen LogP contribution is -2.39. The van der Waals surface area contributed by atoms with E-state index in [0.717, 1.165) is 18.3 Å². The van der Waals surface area contributed by atoms with E-state index in [1.54, 1.807) is 0 Å². The molecule has 2 nitrogen and oxygen atoms in total. The summed E-state index contributed by atoms with van der Waals surface area (Å²) in [5.41, 5.74) is 0.462. The molecule has 0 atom stereocenters. The highest BCUT2D eigenvalue weighted by molar-refractivity contribution is 7.99. The average Bonchev–Trinajstić information content (AvgIpc) is 2.28. The first-order valence-electron chi connectivity index (χ1n) is 6.97. The fourth-order valence-electron chi connectivity index (χ4n) is 2.19. The number of piperidine rings is 1. The SMILES string of the molecule is CSC1CCN(CCNCCC(C)(C)C)CC1. The van der Waals surface area contributed by atoms with Crippen molar-refractivity contribution in [1.82, 2.24) is 10.2 Å². The smallest absolute Gasteiger partial charge is 0.0107 e. The van der Waals surface area contributed by atoms with Crippen LogP contribution in [0, 0.1) is 5.41 Å². The molecule has 0 bridgehead atoms. The van der Waals surface area contributed by atoms with Crippen LogP contribution in [0.5, 0.6) is 0 Å². The minimum absolute atomic E-state index is 0.462. The maximum absolute atomic E-state index is 3.57. The molecule has 0 radical (unpaired) electrons. The molecule has 17 heavy (non-hydrogen) atoms. The van der Waals surface area contributed by atoms with Crippen molar-refractivity contribution in [2.24, 2.45) is 5.41 Å². The summed E-state index contributed by atoms with van der Waals surface area (Å²) < 4.78 is 0. The van der Waals surface area contributed by atoms with Gasteiger partial charge in [-0.05, 0) is 50.6 Å². The first-order valence-corrected chi connectivity index (χ1v) is 8.26. The molecule has 1 rings (SSSR count). The Hall–Kier alpha value is 0.270. The largest absolute Gasteiger partial charge is 0.315 e. The van der Waals surface area contributed by atoms with E-state index in [1.165, 1.54) is 38.9 Å². The minimum Gasteiger partial charge on any atom is -0.315 e. The zero-order valence-corrected chi connectivity index (χ0v) is 12.9. The highest BCUT2D eigenvalue weighted by atomic mass is 32.2. The van der Waals surface area contributed by atoms with Gasteiger partial charge in [0.25, 0.3) is 0 Å². The third-order valence-electron chi connectivity index (χ3n) is 3.52. The van der Waals surface area contributed by atoms with E-state index in [2.05, 4.69) is 37.2 Å². The number of likely N-dealkylation sites (tertiary alicyclic amines) is 1. The van der Waals surface area contributed by atoms with Crippen molar-refractivity contribution in [3.8, 4) is 0 Å². The van der Waals surface area contributed by atoms with Gasteiger partial charge in [-0.3, -0.25) is 0 Å². The first kappa shape index (κ1) is 15.3. The highest BCUT2D eigenvalue weighted by Crippen LogP contribution is 2.20. The van der Waals surface area contributed by atoms with Crippen LogP contribution < -0.4 is 5.32 Å². The van der Waals surface area contributed by atoms with E-state index in [4.69, 9.17) is 0 Å².